The molecule has 1 N–H and O–H groups in total. The molecule has 30 heavy (non-hydrogen) atoms. The molecule has 0 bridgehead atoms. The lowest BCUT2D eigenvalue weighted by Gasteiger charge is -2.32. The van der Waals surface area contributed by atoms with Crippen molar-refractivity contribution in [1.82, 2.24) is 9.80 Å². The highest BCUT2D eigenvalue weighted by atomic mass is 16.5. The average molecular weight is 410 g/mol. The van der Waals surface area contributed by atoms with Crippen LogP contribution in [0.4, 0.5) is 0 Å². The summed E-state index contributed by atoms with van der Waals surface area (Å²) in [6.07, 6.45) is 2.38. The van der Waals surface area contributed by atoms with Crippen molar-refractivity contribution < 1.29 is 24.1 Å². The van der Waals surface area contributed by atoms with E-state index in [1.165, 1.54) is 14.2 Å². The summed E-state index contributed by atoms with van der Waals surface area (Å²) in [7, 11) is 5.06. The maximum absolute atomic E-state index is 12.9. The fraction of sp³-hybridized carbons (Fsp3) is 0.348. The number of fused-ring (bicyclic) bond motifs is 1. The third-order valence-corrected chi connectivity index (χ3v) is 5.60. The maximum atomic E-state index is 12.9. The van der Waals surface area contributed by atoms with Crippen LogP contribution in [0.2, 0.25) is 0 Å². The third-order valence-electron chi connectivity index (χ3n) is 5.60. The molecule has 0 unspecified atom stereocenters. The molecule has 0 radical (unpaired) electrons. The second-order valence-corrected chi connectivity index (χ2v) is 7.49. The van der Waals surface area contributed by atoms with Gasteiger partial charge in [-0.05, 0) is 25.3 Å². The van der Waals surface area contributed by atoms with Crippen LogP contribution in [0.5, 0.6) is 23.0 Å². The van der Waals surface area contributed by atoms with Crippen LogP contribution >= 0.6 is 0 Å². The van der Waals surface area contributed by atoms with Crippen molar-refractivity contribution >= 4 is 11.7 Å². The van der Waals surface area contributed by atoms with Crippen molar-refractivity contribution in [1.29, 1.82) is 0 Å². The molecular weight excluding hydrogens is 384 g/mol. The standard InChI is InChI=1S/C23H26N2O5/c1-24-9-11-25(12-10-24)23(27)16-6-4-5-15(13-16)18-8-7-17-19(30-18)14-20(28-2)22(29-3)21(17)26/h4-6,8,13-14,26H,7,9-12H2,1-3H3. The molecule has 1 fully saturated rings. The van der Waals surface area contributed by atoms with E-state index in [9.17, 15) is 9.90 Å². The van der Waals surface area contributed by atoms with E-state index < -0.39 is 0 Å². The number of carbonyl (C=O) groups excluding carboxylic acids is 1. The van der Waals surface area contributed by atoms with Gasteiger partial charge >= 0.3 is 0 Å². The number of likely N-dealkylation sites (N-methyl/N-ethyl adjacent to an activating group) is 1. The predicted molar refractivity (Wildman–Crippen MR) is 113 cm³/mol. The van der Waals surface area contributed by atoms with Crippen molar-refractivity contribution in [2.45, 2.75) is 6.42 Å². The molecule has 0 atom stereocenters. The van der Waals surface area contributed by atoms with E-state index in [4.69, 9.17) is 14.2 Å². The summed E-state index contributed by atoms with van der Waals surface area (Å²) in [5.74, 6) is 1.89. The lowest BCUT2D eigenvalue weighted by atomic mass is 10.0. The first kappa shape index (κ1) is 20.1. The fourth-order valence-corrected chi connectivity index (χ4v) is 3.81. The number of phenolic OH excluding ortho intramolecular Hbond substituents is 1. The largest absolute Gasteiger partial charge is 0.504 e. The Morgan fingerprint density at radius 1 is 1.10 bits per heavy atom. The molecule has 2 aromatic carbocycles. The van der Waals surface area contributed by atoms with Gasteiger partial charge in [0.2, 0.25) is 5.75 Å². The summed E-state index contributed by atoms with van der Waals surface area (Å²) < 4.78 is 16.6. The number of piperazine rings is 1. The molecule has 158 valence electrons. The molecular formula is C23H26N2O5. The molecule has 1 amide bonds. The van der Waals surface area contributed by atoms with Gasteiger partial charge < -0.3 is 29.1 Å². The van der Waals surface area contributed by atoms with E-state index in [2.05, 4.69) is 11.9 Å². The van der Waals surface area contributed by atoms with Gasteiger partial charge in [0.15, 0.2) is 11.5 Å². The minimum Gasteiger partial charge on any atom is -0.504 e. The second-order valence-electron chi connectivity index (χ2n) is 7.49. The van der Waals surface area contributed by atoms with Crippen LogP contribution in [0, 0.1) is 0 Å². The highest BCUT2D eigenvalue weighted by molar-refractivity contribution is 5.95. The van der Waals surface area contributed by atoms with Crippen molar-refractivity contribution in [3.05, 3.63) is 53.1 Å². The maximum Gasteiger partial charge on any atom is 0.253 e. The van der Waals surface area contributed by atoms with Gasteiger partial charge in [-0.2, -0.15) is 0 Å². The highest BCUT2D eigenvalue weighted by Gasteiger charge is 2.25. The Bertz CT molecular complexity index is 993. The zero-order valence-corrected chi connectivity index (χ0v) is 17.5. The Kier molecular flexibility index (Phi) is 5.55. The number of hydrogen-bond acceptors (Lipinski definition) is 6. The summed E-state index contributed by atoms with van der Waals surface area (Å²) >= 11 is 0. The first-order chi connectivity index (χ1) is 14.5. The number of hydrogen-bond donors (Lipinski definition) is 1. The Balaban J connectivity index is 1.58. The summed E-state index contributed by atoms with van der Waals surface area (Å²) in [6, 6.07) is 9.18. The minimum absolute atomic E-state index is 0.0149. The van der Waals surface area contributed by atoms with Gasteiger partial charge in [-0.1, -0.05) is 12.1 Å². The topological polar surface area (TPSA) is 71.5 Å². The van der Waals surface area contributed by atoms with E-state index in [0.717, 1.165) is 31.7 Å². The first-order valence-electron chi connectivity index (χ1n) is 9.95. The van der Waals surface area contributed by atoms with Crippen molar-refractivity contribution in [2.75, 3.05) is 47.4 Å². The smallest absolute Gasteiger partial charge is 0.253 e. The molecule has 0 saturated carbocycles. The minimum atomic E-state index is 0.0149. The van der Waals surface area contributed by atoms with Gasteiger partial charge in [0.1, 0.15) is 11.5 Å². The molecule has 0 aromatic heterocycles. The van der Waals surface area contributed by atoms with E-state index in [0.29, 0.717) is 34.8 Å². The van der Waals surface area contributed by atoms with E-state index >= 15 is 0 Å². The lowest BCUT2D eigenvalue weighted by Crippen LogP contribution is -2.47. The van der Waals surface area contributed by atoms with Gasteiger partial charge in [0.05, 0.1) is 14.2 Å². The molecule has 0 aliphatic carbocycles. The Morgan fingerprint density at radius 2 is 1.87 bits per heavy atom. The summed E-state index contributed by atoms with van der Waals surface area (Å²) in [5.41, 5.74) is 2.10. The number of amides is 1. The Hall–Kier alpha value is -3.19. The monoisotopic (exact) mass is 410 g/mol. The molecule has 2 aliphatic heterocycles. The molecule has 0 spiro atoms. The van der Waals surface area contributed by atoms with Crippen LogP contribution in [0.3, 0.4) is 0 Å². The molecule has 7 heteroatoms. The molecule has 2 heterocycles. The molecule has 4 rings (SSSR count). The second kappa shape index (κ2) is 8.28. The number of benzene rings is 2. The van der Waals surface area contributed by atoms with Crippen LogP contribution in [0.25, 0.3) is 5.76 Å². The van der Waals surface area contributed by atoms with Crippen LogP contribution in [-0.2, 0) is 6.42 Å². The number of allylic oxidation sites excluding steroid dienone is 1. The predicted octanol–water partition coefficient (Wildman–Crippen LogP) is 2.77. The van der Waals surface area contributed by atoms with E-state index in [1.54, 1.807) is 6.07 Å². The normalized spacial score (nSPS) is 16.4. The average Bonchev–Trinajstić information content (AvgIpc) is 2.78. The van der Waals surface area contributed by atoms with Gasteiger partial charge in [0.25, 0.3) is 5.91 Å². The Morgan fingerprint density at radius 3 is 2.57 bits per heavy atom. The van der Waals surface area contributed by atoms with Crippen LogP contribution in [-0.4, -0.2) is 68.3 Å². The molecule has 1 saturated heterocycles. The highest BCUT2D eigenvalue weighted by Crippen LogP contribution is 2.47. The number of nitrogens with zero attached hydrogens (tertiary/aromatic N) is 2. The van der Waals surface area contributed by atoms with E-state index in [-0.39, 0.29) is 17.4 Å². The van der Waals surface area contributed by atoms with Gasteiger partial charge in [0, 0.05) is 55.4 Å². The number of rotatable bonds is 4. The molecule has 2 aromatic rings. The third kappa shape index (κ3) is 3.68. The van der Waals surface area contributed by atoms with Crippen molar-refractivity contribution in [3.63, 3.8) is 0 Å². The number of ether oxygens (including phenoxy) is 3. The lowest BCUT2D eigenvalue weighted by molar-refractivity contribution is 0.0664. The molecule has 7 nitrogen and oxygen atoms in total. The fourth-order valence-electron chi connectivity index (χ4n) is 3.81. The quantitative estimate of drug-likeness (QED) is 0.836. The summed E-state index contributed by atoms with van der Waals surface area (Å²) in [6.45, 7) is 3.22. The summed E-state index contributed by atoms with van der Waals surface area (Å²) in [5, 5.41) is 10.5. The van der Waals surface area contributed by atoms with Gasteiger partial charge in [-0.15, -0.1) is 0 Å². The van der Waals surface area contributed by atoms with Gasteiger partial charge in [-0.3, -0.25) is 4.79 Å². The Labute approximate surface area is 176 Å². The zero-order chi connectivity index (χ0) is 21.3. The molecule has 2 aliphatic rings. The first-order valence-corrected chi connectivity index (χ1v) is 9.95. The number of phenols is 1. The number of aromatic hydroxyl groups is 1. The number of methoxy groups -OCH3 is 2. The van der Waals surface area contributed by atoms with Crippen molar-refractivity contribution in [3.8, 4) is 23.0 Å². The van der Waals surface area contributed by atoms with Crippen LogP contribution in [0.1, 0.15) is 21.5 Å². The SMILES string of the molecule is COc1cc2c(c(O)c1OC)CC=C(c1cccc(C(=O)N3CCN(C)CC3)c1)O2. The van der Waals surface area contributed by atoms with Crippen LogP contribution < -0.4 is 14.2 Å². The van der Waals surface area contributed by atoms with Crippen molar-refractivity contribution in [2.24, 2.45) is 0 Å². The van der Waals surface area contributed by atoms with Gasteiger partial charge in [-0.25, -0.2) is 0 Å². The zero-order valence-electron chi connectivity index (χ0n) is 17.5. The summed E-state index contributed by atoms with van der Waals surface area (Å²) in [4.78, 5) is 17.0. The number of carbonyl (C=O) groups is 1. The van der Waals surface area contributed by atoms with Crippen LogP contribution in [0.15, 0.2) is 36.4 Å². The van der Waals surface area contributed by atoms with E-state index in [1.807, 2.05) is 35.2 Å².